The Balaban J connectivity index is 2.23. The van der Waals surface area contributed by atoms with Crippen LogP contribution in [-0.2, 0) is 27.7 Å². The van der Waals surface area contributed by atoms with Crippen LogP contribution in [0.5, 0.6) is 0 Å². The minimum Gasteiger partial charge on any atom is -0.318 e. The summed E-state index contributed by atoms with van der Waals surface area (Å²) in [5.41, 5.74) is 0.682. The molecule has 3 aromatic rings. The second kappa shape index (κ2) is 4.15. The third-order valence-corrected chi connectivity index (χ3v) is 3.20. The van der Waals surface area contributed by atoms with Crippen molar-refractivity contribution in [3.63, 3.8) is 0 Å². The fourth-order valence-corrected chi connectivity index (χ4v) is 2.16. The third-order valence-electron chi connectivity index (χ3n) is 3.20. The summed E-state index contributed by atoms with van der Waals surface area (Å²) in [6, 6.07) is 0. The summed E-state index contributed by atoms with van der Waals surface area (Å²) in [5, 5.41) is 7.82. The molecular weight excluding hydrogens is 262 g/mol. The predicted octanol–water partition coefficient (Wildman–Crippen LogP) is -1.39. The van der Waals surface area contributed by atoms with Gasteiger partial charge in [0.2, 0.25) is 0 Å². The normalized spacial score (nSPS) is 11.3. The van der Waals surface area contributed by atoms with Gasteiger partial charge in [-0.05, 0) is 0 Å². The van der Waals surface area contributed by atoms with Gasteiger partial charge in [0.05, 0.1) is 12.9 Å². The van der Waals surface area contributed by atoms with E-state index < -0.39 is 5.69 Å². The number of fused-ring (bicyclic) bond motifs is 1. The number of hydrogen-bond donors (Lipinski definition) is 0. The molecule has 0 spiro atoms. The van der Waals surface area contributed by atoms with E-state index in [0.717, 1.165) is 4.57 Å². The van der Waals surface area contributed by atoms with Crippen LogP contribution in [0.3, 0.4) is 0 Å². The van der Waals surface area contributed by atoms with Gasteiger partial charge < -0.3 is 4.57 Å². The first-order valence-corrected chi connectivity index (χ1v) is 5.95. The van der Waals surface area contributed by atoms with E-state index in [1.54, 1.807) is 29.5 Å². The van der Waals surface area contributed by atoms with Crippen molar-refractivity contribution in [1.82, 2.24) is 33.7 Å². The van der Waals surface area contributed by atoms with Gasteiger partial charge in [-0.25, -0.2) is 9.78 Å². The SMILES string of the molecule is Cn1cc(Cn2cnc3c2c(=O)n(C)c(=O)n3C)nn1. The molecule has 0 aromatic carbocycles. The molecule has 0 bridgehead atoms. The zero-order chi connectivity index (χ0) is 14.4. The monoisotopic (exact) mass is 275 g/mol. The molecule has 104 valence electrons. The topological polar surface area (TPSA) is 92.5 Å². The molecule has 0 atom stereocenters. The van der Waals surface area contributed by atoms with Crippen LogP contribution in [0.1, 0.15) is 5.69 Å². The van der Waals surface area contributed by atoms with Gasteiger partial charge >= 0.3 is 5.69 Å². The number of imidazole rings is 1. The van der Waals surface area contributed by atoms with E-state index >= 15 is 0 Å². The van der Waals surface area contributed by atoms with E-state index in [2.05, 4.69) is 15.3 Å². The maximum absolute atomic E-state index is 12.2. The number of aromatic nitrogens is 7. The van der Waals surface area contributed by atoms with Crippen molar-refractivity contribution in [3.05, 3.63) is 39.1 Å². The van der Waals surface area contributed by atoms with Crippen LogP contribution in [-0.4, -0.2) is 33.7 Å². The quantitative estimate of drug-likeness (QED) is 0.574. The molecule has 0 radical (unpaired) electrons. The molecule has 20 heavy (non-hydrogen) atoms. The van der Waals surface area contributed by atoms with Gasteiger partial charge in [0, 0.05) is 27.3 Å². The lowest BCUT2D eigenvalue weighted by Gasteiger charge is -2.05. The Morgan fingerprint density at radius 3 is 2.55 bits per heavy atom. The van der Waals surface area contributed by atoms with E-state index in [1.165, 1.54) is 17.9 Å². The maximum Gasteiger partial charge on any atom is 0.332 e. The number of nitrogens with zero attached hydrogens (tertiary/aromatic N) is 7. The van der Waals surface area contributed by atoms with Crippen LogP contribution in [0, 0.1) is 0 Å². The van der Waals surface area contributed by atoms with Crippen LogP contribution < -0.4 is 11.2 Å². The van der Waals surface area contributed by atoms with Crippen molar-refractivity contribution in [3.8, 4) is 0 Å². The highest BCUT2D eigenvalue weighted by molar-refractivity contribution is 5.70. The number of hydrogen-bond acceptors (Lipinski definition) is 5. The summed E-state index contributed by atoms with van der Waals surface area (Å²) in [5.74, 6) is 0. The van der Waals surface area contributed by atoms with Crippen LogP contribution in [0.25, 0.3) is 11.2 Å². The molecule has 0 saturated carbocycles. The van der Waals surface area contributed by atoms with E-state index in [1.807, 2.05) is 0 Å². The van der Waals surface area contributed by atoms with Crippen LogP contribution in [0.4, 0.5) is 0 Å². The summed E-state index contributed by atoms with van der Waals surface area (Å²) in [7, 11) is 4.80. The van der Waals surface area contributed by atoms with Gasteiger partial charge in [-0.15, -0.1) is 5.10 Å². The molecule has 9 nitrogen and oxygen atoms in total. The highest BCUT2D eigenvalue weighted by Gasteiger charge is 2.14. The second-order valence-corrected chi connectivity index (χ2v) is 4.63. The van der Waals surface area contributed by atoms with Gasteiger partial charge in [-0.2, -0.15) is 0 Å². The smallest absolute Gasteiger partial charge is 0.318 e. The van der Waals surface area contributed by atoms with Gasteiger partial charge in [0.1, 0.15) is 5.69 Å². The molecule has 3 rings (SSSR count). The van der Waals surface area contributed by atoms with Crippen molar-refractivity contribution in [2.45, 2.75) is 6.54 Å². The lowest BCUT2D eigenvalue weighted by molar-refractivity contribution is 0.699. The standard InChI is InChI=1S/C11H13N7O2/c1-15-4-7(13-14-15)5-18-6-12-9-8(18)10(19)17(3)11(20)16(9)2/h4,6H,5H2,1-3H3. The summed E-state index contributed by atoms with van der Waals surface area (Å²) in [6.45, 7) is 0.373. The highest BCUT2D eigenvalue weighted by atomic mass is 16.2. The van der Waals surface area contributed by atoms with Crippen molar-refractivity contribution in [2.24, 2.45) is 21.1 Å². The first-order valence-electron chi connectivity index (χ1n) is 5.95. The van der Waals surface area contributed by atoms with Crippen molar-refractivity contribution in [2.75, 3.05) is 0 Å². The fourth-order valence-electron chi connectivity index (χ4n) is 2.16. The van der Waals surface area contributed by atoms with Crippen LogP contribution >= 0.6 is 0 Å². The Morgan fingerprint density at radius 2 is 1.90 bits per heavy atom. The van der Waals surface area contributed by atoms with Crippen molar-refractivity contribution in [1.29, 1.82) is 0 Å². The average Bonchev–Trinajstić information content (AvgIpc) is 3.01. The Morgan fingerprint density at radius 1 is 1.15 bits per heavy atom. The van der Waals surface area contributed by atoms with Crippen molar-refractivity contribution < 1.29 is 0 Å². The minimum atomic E-state index is -0.396. The zero-order valence-electron chi connectivity index (χ0n) is 11.3. The Hall–Kier alpha value is -2.71. The molecule has 0 aliphatic carbocycles. The molecule has 0 saturated heterocycles. The second-order valence-electron chi connectivity index (χ2n) is 4.63. The molecule has 0 N–H and O–H groups in total. The lowest BCUT2D eigenvalue weighted by atomic mass is 10.4. The van der Waals surface area contributed by atoms with Gasteiger partial charge in [0.15, 0.2) is 11.2 Å². The molecular formula is C11H13N7O2. The Bertz CT molecular complexity index is 911. The van der Waals surface area contributed by atoms with Gasteiger partial charge in [0.25, 0.3) is 5.56 Å². The molecule has 0 fully saturated rings. The molecule has 0 amide bonds. The molecule has 0 aliphatic rings. The van der Waals surface area contributed by atoms with E-state index in [0.29, 0.717) is 23.4 Å². The van der Waals surface area contributed by atoms with E-state index in [4.69, 9.17) is 0 Å². The molecule has 3 aromatic heterocycles. The predicted molar refractivity (Wildman–Crippen MR) is 70.3 cm³/mol. The summed E-state index contributed by atoms with van der Waals surface area (Å²) in [4.78, 5) is 28.2. The lowest BCUT2D eigenvalue weighted by Crippen LogP contribution is -2.37. The highest BCUT2D eigenvalue weighted by Crippen LogP contribution is 2.07. The first kappa shape index (κ1) is 12.3. The number of aryl methyl sites for hydroxylation is 2. The first-order chi connectivity index (χ1) is 9.49. The minimum absolute atomic E-state index is 0.363. The average molecular weight is 275 g/mol. The van der Waals surface area contributed by atoms with Gasteiger partial charge in [-0.1, -0.05) is 5.21 Å². The van der Waals surface area contributed by atoms with E-state index in [9.17, 15) is 9.59 Å². The molecule has 0 unspecified atom stereocenters. The van der Waals surface area contributed by atoms with Crippen LogP contribution in [0.2, 0.25) is 0 Å². The Labute approximate surface area is 112 Å². The maximum atomic E-state index is 12.2. The summed E-state index contributed by atoms with van der Waals surface area (Å²) in [6.07, 6.45) is 3.29. The molecule has 3 heterocycles. The zero-order valence-corrected chi connectivity index (χ0v) is 11.3. The third kappa shape index (κ3) is 1.67. The van der Waals surface area contributed by atoms with Crippen molar-refractivity contribution >= 4 is 11.2 Å². The van der Waals surface area contributed by atoms with Gasteiger partial charge in [-0.3, -0.25) is 18.6 Å². The summed E-state index contributed by atoms with van der Waals surface area (Å²) < 4.78 is 5.67. The largest absolute Gasteiger partial charge is 0.332 e. The molecule has 0 aliphatic heterocycles. The number of rotatable bonds is 2. The fraction of sp³-hybridized carbons (Fsp3) is 0.364. The Kier molecular flexibility index (Phi) is 2.56. The summed E-state index contributed by atoms with van der Waals surface area (Å²) >= 11 is 0. The van der Waals surface area contributed by atoms with E-state index in [-0.39, 0.29) is 5.56 Å². The van der Waals surface area contributed by atoms with Crippen LogP contribution in [0.15, 0.2) is 22.1 Å². The molecule has 9 heteroatoms.